The van der Waals surface area contributed by atoms with Crippen LogP contribution in [0.2, 0.25) is 0 Å². The molecule has 2 fully saturated rings. The van der Waals surface area contributed by atoms with Gasteiger partial charge in [0.05, 0.1) is 12.0 Å². The fourth-order valence-corrected chi connectivity index (χ4v) is 3.86. The topological polar surface area (TPSA) is 38.5 Å². The van der Waals surface area contributed by atoms with E-state index in [2.05, 4.69) is 4.90 Å². The van der Waals surface area contributed by atoms with Crippen LogP contribution in [0.4, 0.5) is 13.2 Å². The van der Waals surface area contributed by atoms with E-state index < -0.39 is 12.1 Å². The van der Waals surface area contributed by atoms with Gasteiger partial charge in [0.1, 0.15) is 0 Å². The molecule has 0 amide bonds. The molecule has 0 aromatic heterocycles. The van der Waals surface area contributed by atoms with E-state index in [4.69, 9.17) is 10.5 Å². The van der Waals surface area contributed by atoms with Crippen LogP contribution in [0.25, 0.3) is 0 Å². The molecule has 1 aliphatic heterocycles. The summed E-state index contributed by atoms with van der Waals surface area (Å²) in [6, 6.07) is 0. The van der Waals surface area contributed by atoms with E-state index in [0.29, 0.717) is 25.5 Å². The lowest BCUT2D eigenvalue weighted by molar-refractivity contribution is -0.189. The predicted molar refractivity (Wildman–Crippen MR) is 76.0 cm³/mol. The first-order chi connectivity index (χ1) is 9.91. The third-order valence-corrected chi connectivity index (χ3v) is 5.27. The molecule has 1 saturated heterocycles. The fourth-order valence-electron chi connectivity index (χ4n) is 3.86. The fraction of sp³-hybridized carbons (Fsp3) is 1.00. The van der Waals surface area contributed by atoms with Gasteiger partial charge in [0, 0.05) is 31.8 Å². The van der Waals surface area contributed by atoms with E-state index >= 15 is 0 Å². The molecule has 0 atom stereocenters. The van der Waals surface area contributed by atoms with Crippen molar-refractivity contribution in [1.82, 2.24) is 4.90 Å². The average Bonchev–Trinajstić information content (AvgIpc) is 2.47. The second kappa shape index (κ2) is 6.84. The molecule has 0 spiro atoms. The maximum atomic E-state index is 12.8. The minimum absolute atomic E-state index is 0.214. The third-order valence-electron chi connectivity index (χ3n) is 5.27. The second-order valence-electron chi connectivity index (χ2n) is 6.39. The van der Waals surface area contributed by atoms with Crippen LogP contribution in [0, 0.1) is 5.92 Å². The van der Waals surface area contributed by atoms with E-state index in [9.17, 15) is 13.2 Å². The van der Waals surface area contributed by atoms with Crippen molar-refractivity contribution in [3.8, 4) is 0 Å². The maximum absolute atomic E-state index is 12.8. The normalized spacial score (nSPS) is 33.3. The van der Waals surface area contributed by atoms with Crippen molar-refractivity contribution in [3.63, 3.8) is 0 Å². The summed E-state index contributed by atoms with van der Waals surface area (Å²) >= 11 is 0. The number of nitrogens with zero attached hydrogens (tertiary/aromatic N) is 1. The zero-order valence-corrected chi connectivity index (χ0v) is 12.8. The van der Waals surface area contributed by atoms with Gasteiger partial charge >= 0.3 is 6.18 Å². The van der Waals surface area contributed by atoms with Crippen LogP contribution < -0.4 is 5.73 Å². The van der Waals surface area contributed by atoms with Crippen molar-refractivity contribution in [1.29, 1.82) is 0 Å². The van der Waals surface area contributed by atoms with Crippen molar-refractivity contribution >= 4 is 0 Å². The summed E-state index contributed by atoms with van der Waals surface area (Å²) in [5.74, 6) is -1.14. The number of hydrogen-bond acceptors (Lipinski definition) is 3. The largest absolute Gasteiger partial charge is 0.391 e. The lowest BCUT2D eigenvalue weighted by Gasteiger charge is -2.50. The van der Waals surface area contributed by atoms with Crippen molar-refractivity contribution in [2.24, 2.45) is 11.7 Å². The summed E-state index contributed by atoms with van der Waals surface area (Å²) in [6.45, 7) is 4.94. The molecule has 3 nitrogen and oxygen atoms in total. The van der Waals surface area contributed by atoms with Crippen LogP contribution in [0.5, 0.6) is 0 Å². The van der Waals surface area contributed by atoms with Crippen LogP contribution in [0.3, 0.4) is 0 Å². The Morgan fingerprint density at radius 2 is 1.71 bits per heavy atom. The summed E-state index contributed by atoms with van der Waals surface area (Å²) in [5.41, 5.74) is 5.74. The van der Waals surface area contributed by atoms with Crippen LogP contribution in [-0.4, -0.2) is 49.0 Å². The number of hydrogen-bond donors (Lipinski definition) is 1. The summed E-state index contributed by atoms with van der Waals surface area (Å²) in [4.78, 5) is 2.33. The number of rotatable bonds is 4. The van der Waals surface area contributed by atoms with E-state index in [1.54, 1.807) is 0 Å². The number of ether oxygens (including phenoxy) is 1. The Labute approximate surface area is 125 Å². The Morgan fingerprint density at radius 1 is 1.14 bits per heavy atom. The Hall–Kier alpha value is -0.330. The molecule has 2 aliphatic rings. The van der Waals surface area contributed by atoms with Crippen LogP contribution in [0.1, 0.15) is 45.4 Å². The molecule has 0 unspecified atom stereocenters. The van der Waals surface area contributed by atoms with Gasteiger partial charge < -0.3 is 10.5 Å². The van der Waals surface area contributed by atoms with E-state index in [1.165, 1.54) is 0 Å². The SMILES string of the molecule is CCOC1CCN(C2(CN)CCC(C(F)(F)F)CC2)CC1. The molecule has 6 heteroatoms. The second-order valence-corrected chi connectivity index (χ2v) is 6.39. The molecule has 0 bridgehead atoms. The highest BCUT2D eigenvalue weighted by Gasteiger charge is 2.47. The number of piperidine rings is 1. The van der Waals surface area contributed by atoms with Gasteiger partial charge in [-0.05, 0) is 45.4 Å². The first-order valence-electron chi connectivity index (χ1n) is 8.05. The average molecular weight is 308 g/mol. The van der Waals surface area contributed by atoms with Crippen molar-refractivity contribution in [2.75, 3.05) is 26.2 Å². The highest BCUT2D eigenvalue weighted by molar-refractivity contribution is 4.98. The summed E-state index contributed by atoms with van der Waals surface area (Å²) in [7, 11) is 0. The Morgan fingerprint density at radius 3 is 2.14 bits per heavy atom. The molecule has 1 aliphatic carbocycles. The maximum Gasteiger partial charge on any atom is 0.391 e. The van der Waals surface area contributed by atoms with E-state index in [1.807, 2.05) is 6.92 Å². The highest BCUT2D eigenvalue weighted by atomic mass is 19.4. The number of alkyl halides is 3. The molecular formula is C15H27F3N2O. The quantitative estimate of drug-likeness (QED) is 0.868. The Bertz CT molecular complexity index is 319. The number of likely N-dealkylation sites (tertiary alicyclic amines) is 1. The Balaban J connectivity index is 1.92. The molecule has 2 rings (SSSR count). The van der Waals surface area contributed by atoms with Crippen LogP contribution >= 0.6 is 0 Å². The van der Waals surface area contributed by atoms with Crippen LogP contribution in [0.15, 0.2) is 0 Å². The first kappa shape index (κ1) is 17.0. The highest BCUT2D eigenvalue weighted by Crippen LogP contribution is 2.43. The minimum Gasteiger partial charge on any atom is -0.378 e. The summed E-state index contributed by atoms with van der Waals surface area (Å²) in [6.07, 6.45) is -0.287. The van der Waals surface area contributed by atoms with Crippen molar-refractivity contribution in [2.45, 2.75) is 63.3 Å². The lowest BCUT2D eigenvalue weighted by Crippen LogP contribution is -2.59. The third kappa shape index (κ3) is 3.90. The smallest absolute Gasteiger partial charge is 0.378 e. The van der Waals surface area contributed by atoms with Crippen molar-refractivity contribution < 1.29 is 17.9 Å². The van der Waals surface area contributed by atoms with Gasteiger partial charge in [-0.1, -0.05) is 0 Å². The molecular weight excluding hydrogens is 281 g/mol. The molecule has 2 N–H and O–H groups in total. The molecule has 21 heavy (non-hydrogen) atoms. The summed E-state index contributed by atoms with van der Waals surface area (Å²) < 4.78 is 44.1. The van der Waals surface area contributed by atoms with Gasteiger partial charge in [-0.25, -0.2) is 0 Å². The van der Waals surface area contributed by atoms with Gasteiger partial charge in [-0.3, -0.25) is 4.90 Å². The number of nitrogens with two attached hydrogens (primary N) is 1. The van der Waals surface area contributed by atoms with Gasteiger partial charge in [0.2, 0.25) is 0 Å². The Kier molecular flexibility index (Phi) is 5.54. The molecule has 1 saturated carbocycles. The monoisotopic (exact) mass is 308 g/mol. The standard InChI is InChI=1S/C15H27F3N2O/c1-2-21-13-5-9-20(10-6-13)14(11-19)7-3-12(4-8-14)15(16,17)18/h12-13H,2-11,19H2,1H3. The molecule has 1 heterocycles. The minimum atomic E-state index is -4.05. The first-order valence-corrected chi connectivity index (χ1v) is 8.05. The molecule has 0 radical (unpaired) electrons. The molecule has 0 aromatic rings. The van der Waals surface area contributed by atoms with Crippen molar-refractivity contribution in [3.05, 3.63) is 0 Å². The van der Waals surface area contributed by atoms with Gasteiger partial charge in [-0.2, -0.15) is 13.2 Å². The van der Waals surface area contributed by atoms with Crippen LogP contribution in [-0.2, 0) is 4.74 Å². The zero-order chi connectivity index (χ0) is 15.5. The lowest BCUT2D eigenvalue weighted by atomic mass is 9.74. The van der Waals surface area contributed by atoms with Gasteiger partial charge in [0.15, 0.2) is 0 Å². The number of halogens is 3. The van der Waals surface area contributed by atoms with Gasteiger partial charge in [0.25, 0.3) is 0 Å². The zero-order valence-electron chi connectivity index (χ0n) is 12.8. The van der Waals surface area contributed by atoms with E-state index in [-0.39, 0.29) is 18.4 Å². The van der Waals surface area contributed by atoms with E-state index in [0.717, 1.165) is 32.5 Å². The van der Waals surface area contributed by atoms with Gasteiger partial charge in [-0.15, -0.1) is 0 Å². The summed E-state index contributed by atoms with van der Waals surface area (Å²) in [5, 5.41) is 0. The molecule has 124 valence electrons. The predicted octanol–water partition coefficient (Wildman–Crippen LogP) is 2.94. The molecule has 0 aromatic carbocycles.